The van der Waals surface area contributed by atoms with Crippen LogP contribution in [0.15, 0.2) is 84.0 Å². The van der Waals surface area contributed by atoms with Crippen molar-refractivity contribution in [2.45, 2.75) is 39.1 Å². The molecule has 0 spiro atoms. The summed E-state index contributed by atoms with van der Waals surface area (Å²) < 4.78 is 30.5. The number of carbonyl (C=O) groups is 1. The monoisotopic (exact) mass is 502 g/mol. The van der Waals surface area contributed by atoms with Crippen LogP contribution in [0.3, 0.4) is 0 Å². The van der Waals surface area contributed by atoms with Gasteiger partial charge in [0.15, 0.2) is 0 Å². The summed E-state index contributed by atoms with van der Waals surface area (Å²) in [5, 5.41) is 2.91. The van der Waals surface area contributed by atoms with E-state index in [0.717, 1.165) is 33.8 Å². The fourth-order valence-corrected chi connectivity index (χ4v) is 5.53. The zero-order chi connectivity index (χ0) is 25.9. The van der Waals surface area contributed by atoms with E-state index in [0.29, 0.717) is 5.69 Å². The highest BCUT2D eigenvalue weighted by molar-refractivity contribution is 7.92. The predicted octanol–water partition coefficient (Wildman–Crippen LogP) is 4.62. The van der Waals surface area contributed by atoms with Crippen molar-refractivity contribution in [3.05, 3.63) is 107 Å². The lowest BCUT2D eigenvalue weighted by atomic mass is 10.1. The van der Waals surface area contributed by atoms with Gasteiger partial charge in [0.25, 0.3) is 10.0 Å². The van der Waals surface area contributed by atoms with Gasteiger partial charge in [-0.25, -0.2) is 13.4 Å². The number of nitrogens with one attached hydrogen (secondary N) is 1. The molecule has 0 bridgehead atoms. The Balaban J connectivity index is 1.62. The summed E-state index contributed by atoms with van der Waals surface area (Å²) in [6.45, 7) is 7.50. The highest BCUT2D eigenvalue weighted by Crippen LogP contribution is 2.28. The number of hydrogen-bond acceptors (Lipinski definition) is 4. The van der Waals surface area contributed by atoms with E-state index in [1.165, 1.54) is 4.31 Å². The van der Waals surface area contributed by atoms with Crippen LogP contribution < -0.4 is 9.62 Å². The molecule has 3 aromatic carbocycles. The number of carbonyl (C=O) groups excluding carboxylic acids is 1. The van der Waals surface area contributed by atoms with Crippen LogP contribution >= 0.6 is 0 Å². The van der Waals surface area contributed by atoms with Crippen molar-refractivity contribution in [1.82, 2.24) is 14.9 Å². The fourth-order valence-electron chi connectivity index (χ4n) is 4.05. The van der Waals surface area contributed by atoms with E-state index in [1.54, 1.807) is 42.6 Å². The van der Waals surface area contributed by atoms with Gasteiger partial charge in [-0.05, 0) is 68.7 Å². The van der Waals surface area contributed by atoms with E-state index in [2.05, 4.69) is 10.3 Å². The van der Waals surface area contributed by atoms with Gasteiger partial charge in [-0.1, -0.05) is 48.0 Å². The van der Waals surface area contributed by atoms with Gasteiger partial charge in [0.1, 0.15) is 12.4 Å². The van der Waals surface area contributed by atoms with Gasteiger partial charge in [-0.3, -0.25) is 9.10 Å². The topological polar surface area (TPSA) is 84.3 Å². The third-order valence-corrected chi connectivity index (χ3v) is 8.07. The first-order valence-corrected chi connectivity index (χ1v) is 13.1. The highest BCUT2D eigenvalue weighted by Gasteiger charge is 2.28. The summed E-state index contributed by atoms with van der Waals surface area (Å²) in [6.07, 6.45) is 3.59. The molecule has 0 atom stereocenters. The summed E-state index contributed by atoms with van der Waals surface area (Å²) in [4.78, 5) is 17.6. The van der Waals surface area contributed by atoms with Crippen molar-refractivity contribution in [3.63, 3.8) is 0 Å². The lowest BCUT2D eigenvalue weighted by Gasteiger charge is -2.26. The van der Waals surface area contributed by atoms with E-state index in [9.17, 15) is 13.2 Å². The maximum absolute atomic E-state index is 13.7. The average Bonchev–Trinajstić information content (AvgIpc) is 3.29. The maximum Gasteiger partial charge on any atom is 0.264 e. The van der Waals surface area contributed by atoms with Crippen LogP contribution in [-0.4, -0.2) is 30.4 Å². The molecule has 4 rings (SSSR count). The Morgan fingerprint density at radius 3 is 2.36 bits per heavy atom. The summed E-state index contributed by atoms with van der Waals surface area (Å²) >= 11 is 0. The normalized spacial score (nSPS) is 11.3. The lowest BCUT2D eigenvalue weighted by Crippen LogP contribution is -2.41. The highest BCUT2D eigenvalue weighted by atomic mass is 32.2. The molecule has 4 aromatic rings. The number of sulfonamides is 1. The summed E-state index contributed by atoms with van der Waals surface area (Å²) in [7, 11) is -3.98. The number of benzene rings is 3. The second-order valence-electron chi connectivity index (χ2n) is 8.79. The Labute approximate surface area is 212 Å². The Hall–Kier alpha value is -3.91. The van der Waals surface area contributed by atoms with E-state index in [1.807, 2.05) is 68.8 Å². The van der Waals surface area contributed by atoms with Crippen LogP contribution in [0.25, 0.3) is 5.69 Å². The summed E-state index contributed by atoms with van der Waals surface area (Å²) in [5.41, 5.74) is 5.00. The molecule has 8 heteroatoms. The molecular weight excluding hydrogens is 472 g/mol. The molecule has 0 saturated heterocycles. The van der Waals surface area contributed by atoms with Crippen molar-refractivity contribution >= 4 is 21.6 Å². The third-order valence-electron chi connectivity index (χ3n) is 6.29. The zero-order valence-corrected chi connectivity index (χ0v) is 21.7. The molecule has 0 fully saturated rings. The largest absolute Gasteiger partial charge is 0.350 e. The van der Waals surface area contributed by atoms with Crippen molar-refractivity contribution in [2.75, 3.05) is 10.8 Å². The predicted molar refractivity (Wildman–Crippen MR) is 142 cm³/mol. The zero-order valence-electron chi connectivity index (χ0n) is 20.9. The minimum absolute atomic E-state index is 0.141. The maximum atomic E-state index is 13.7. The van der Waals surface area contributed by atoms with Crippen LogP contribution in [0.2, 0.25) is 0 Å². The molecule has 1 heterocycles. The molecule has 0 aliphatic carbocycles. The Morgan fingerprint density at radius 2 is 1.67 bits per heavy atom. The van der Waals surface area contributed by atoms with Crippen molar-refractivity contribution in [1.29, 1.82) is 0 Å². The average molecular weight is 503 g/mol. The third kappa shape index (κ3) is 5.18. The van der Waals surface area contributed by atoms with Gasteiger partial charge >= 0.3 is 0 Å². The van der Waals surface area contributed by atoms with Crippen LogP contribution in [-0.2, 0) is 21.4 Å². The van der Waals surface area contributed by atoms with Crippen LogP contribution in [0.1, 0.15) is 28.1 Å². The number of hydrogen-bond donors (Lipinski definition) is 1. The van der Waals surface area contributed by atoms with E-state index in [4.69, 9.17) is 0 Å². The summed E-state index contributed by atoms with van der Waals surface area (Å²) in [6, 6.07) is 19.8. The van der Waals surface area contributed by atoms with Crippen LogP contribution in [0.4, 0.5) is 5.69 Å². The quantitative estimate of drug-likeness (QED) is 0.381. The molecule has 1 aromatic heterocycles. The van der Waals surface area contributed by atoms with Crippen molar-refractivity contribution in [3.8, 4) is 5.69 Å². The van der Waals surface area contributed by atoms with Gasteiger partial charge in [-0.2, -0.15) is 0 Å². The van der Waals surface area contributed by atoms with Gasteiger partial charge in [0, 0.05) is 18.9 Å². The molecule has 0 aliphatic rings. The number of imidazole rings is 1. The molecule has 1 amide bonds. The SMILES string of the molecule is Cc1ccc(S(=O)(=O)N(CC(=O)NCc2ccccc2-n2ccnc2C)c2cccc(C)c2C)cc1. The number of anilines is 1. The smallest absolute Gasteiger partial charge is 0.264 e. The first kappa shape index (κ1) is 25.2. The molecule has 186 valence electrons. The molecule has 0 saturated carbocycles. The van der Waals surface area contributed by atoms with Crippen LogP contribution in [0, 0.1) is 27.7 Å². The number of rotatable bonds is 8. The van der Waals surface area contributed by atoms with E-state index < -0.39 is 15.9 Å². The molecule has 7 nitrogen and oxygen atoms in total. The molecular formula is C28H30N4O3S. The van der Waals surface area contributed by atoms with Gasteiger partial charge in [0.2, 0.25) is 5.91 Å². The minimum Gasteiger partial charge on any atom is -0.350 e. The number of amides is 1. The Kier molecular flexibility index (Phi) is 7.26. The number of aryl methyl sites for hydroxylation is 3. The number of nitrogens with zero attached hydrogens (tertiary/aromatic N) is 3. The van der Waals surface area contributed by atoms with Gasteiger partial charge in [0.05, 0.1) is 16.3 Å². The standard InChI is InChI=1S/C28H30N4O3S/c1-20-12-14-25(15-13-20)36(34,35)32(26-11-7-8-21(2)22(26)3)19-28(33)30-18-24-9-5-6-10-27(24)31-17-16-29-23(31)4/h5-17H,18-19H2,1-4H3,(H,30,33). The first-order valence-electron chi connectivity index (χ1n) is 11.7. The van der Waals surface area contributed by atoms with E-state index >= 15 is 0 Å². The Morgan fingerprint density at radius 1 is 0.944 bits per heavy atom. The van der Waals surface area contributed by atoms with Crippen molar-refractivity contribution in [2.24, 2.45) is 0 Å². The number of para-hydroxylation sites is 1. The number of aromatic nitrogens is 2. The molecule has 0 aliphatic heterocycles. The molecule has 0 unspecified atom stereocenters. The second kappa shape index (κ2) is 10.4. The lowest BCUT2D eigenvalue weighted by molar-refractivity contribution is -0.119. The van der Waals surface area contributed by atoms with Crippen molar-refractivity contribution < 1.29 is 13.2 Å². The Bertz CT molecular complexity index is 1490. The van der Waals surface area contributed by atoms with Gasteiger partial charge < -0.3 is 9.88 Å². The van der Waals surface area contributed by atoms with E-state index in [-0.39, 0.29) is 18.0 Å². The summed E-state index contributed by atoms with van der Waals surface area (Å²) in [5.74, 6) is 0.433. The minimum atomic E-state index is -3.98. The van der Waals surface area contributed by atoms with Crippen LogP contribution in [0.5, 0.6) is 0 Å². The second-order valence-corrected chi connectivity index (χ2v) is 10.7. The van der Waals surface area contributed by atoms with Gasteiger partial charge in [-0.15, -0.1) is 0 Å². The molecule has 36 heavy (non-hydrogen) atoms. The molecule has 0 radical (unpaired) electrons. The molecule has 1 N–H and O–H groups in total. The first-order chi connectivity index (χ1) is 17.2. The fraction of sp³-hybridized carbons (Fsp3) is 0.214.